The molecule has 0 saturated carbocycles. The van der Waals surface area contributed by atoms with Gasteiger partial charge in [-0.2, -0.15) is 0 Å². The van der Waals surface area contributed by atoms with Gasteiger partial charge >= 0.3 is 0 Å². The van der Waals surface area contributed by atoms with E-state index in [1.54, 1.807) is 6.26 Å². The van der Waals surface area contributed by atoms with Gasteiger partial charge in [-0.05, 0) is 30.4 Å². The maximum absolute atomic E-state index is 12.2. The zero-order chi connectivity index (χ0) is 12.4. The van der Waals surface area contributed by atoms with E-state index in [1.165, 1.54) is 0 Å². The van der Waals surface area contributed by atoms with Crippen molar-refractivity contribution in [3.8, 4) is 0 Å². The first-order chi connectivity index (χ1) is 8.08. The van der Waals surface area contributed by atoms with Gasteiger partial charge in [0.05, 0.1) is 11.8 Å². The van der Waals surface area contributed by atoms with Crippen molar-refractivity contribution >= 4 is 5.78 Å². The van der Waals surface area contributed by atoms with Gasteiger partial charge in [-0.15, -0.1) is 0 Å². The number of furan rings is 1. The van der Waals surface area contributed by atoms with Crippen LogP contribution in [-0.2, 0) is 6.42 Å². The zero-order valence-corrected chi connectivity index (χ0v) is 10.5. The molecule has 1 aromatic heterocycles. The molecule has 0 bridgehead atoms. The summed E-state index contributed by atoms with van der Waals surface area (Å²) in [5.41, 5.74) is 2.70. The maximum atomic E-state index is 12.2. The first-order valence-corrected chi connectivity index (χ1v) is 6.02. The molecule has 90 valence electrons. The number of ketones is 1. The van der Waals surface area contributed by atoms with E-state index in [1.807, 2.05) is 13.0 Å². The quantitative estimate of drug-likeness (QED) is 0.677. The average molecular weight is 230 g/mol. The Morgan fingerprint density at radius 2 is 2.24 bits per heavy atom. The Morgan fingerprint density at radius 3 is 3.00 bits per heavy atom. The van der Waals surface area contributed by atoms with Gasteiger partial charge in [0.2, 0.25) is 0 Å². The van der Waals surface area contributed by atoms with Gasteiger partial charge in [-0.25, -0.2) is 0 Å². The summed E-state index contributed by atoms with van der Waals surface area (Å²) < 4.78 is 5.48. The molecule has 1 atom stereocenters. The molecular weight excluding hydrogens is 212 g/mol. The zero-order valence-electron chi connectivity index (χ0n) is 10.5. The molecule has 2 rings (SSSR count). The summed E-state index contributed by atoms with van der Waals surface area (Å²) in [6, 6.07) is 0. The van der Waals surface area contributed by atoms with Crippen LogP contribution >= 0.6 is 0 Å². The van der Waals surface area contributed by atoms with Crippen molar-refractivity contribution in [3.63, 3.8) is 0 Å². The summed E-state index contributed by atoms with van der Waals surface area (Å²) in [6.45, 7) is 8.01. The number of carbonyl (C=O) groups excluding carboxylic acids is 1. The normalized spacial score (nSPS) is 23.3. The van der Waals surface area contributed by atoms with Crippen molar-refractivity contribution in [2.75, 3.05) is 0 Å². The molecule has 2 heteroatoms. The molecule has 0 radical (unpaired) electrons. The minimum absolute atomic E-state index is 0.196. The predicted octanol–water partition coefficient (Wildman–Crippen LogP) is 3.86. The monoisotopic (exact) mass is 230 g/mol. The Balaban J connectivity index is 2.41. The first kappa shape index (κ1) is 11.9. The highest BCUT2D eigenvalue weighted by Crippen LogP contribution is 2.25. The maximum Gasteiger partial charge on any atom is 0.166 e. The van der Waals surface area contributed by atoms with Gasteiger partial charge in [-0.1, -0.05) is 25.7 Å². The van der Waals surface area contributed by atoms with Gasteiger partial charge in [0, 0.05) is 12.8 Å². The smallest absolute Gasteiger partial charge is 0.166 e. The Hall–Kier alpha value is -1.57. The van der Waals surface area contributed by atoms with Crippen molar-refractivity contribution in [1.82, 2.24) is 0 Å². The summed E-state index contributed by atoms with van der Waals surface area (Å²) in [6.07, 6.45) is 7.94. The lowest BCUT2D eigenvalue weighted by Gasteiger charge is -2.11. The molecule has 17 heavy (non-hydrogen) atoms. The van der Waals surface area contributed by atoms with Crippen LogP contribution in [0.2, 0.25) is 0 Å². The fourth-order valence-electron chi connectivity index (χ4n) is 2.24. The Morgan fingerprint density at radius 1 is 1.47 bits per heavy atom. The van der Waals surface area contributed by atoms with E-state index in [0.717, 1.165) is 28.9 Å². The molecule has 0 spiro atoms. The molecular formula is C15H18O2. The Kier molecular flexibility index (Phi) is 3.32. The van der Waals surface area contributed by atoms with Gasteiger partial charge in [0.25, 0.3) is 0 Å². The van der Waals surface area contributed by atoms with Crippen molar-refractivity contribution in [3.05, 3.63) is 47.5 Å². The molecule has 0 amide bonds. The van der Waals surface area contributed by atoms with Crippen LogP contribution in [0.4, 0.5) is 0 Å². The van der Waals surface area contributed by atoms with Crippen LogP contribution in [0.15, 0.2) is 35.0 Å². The van der Waals surface area contributed by atoms with Crippen molar-refractivity contribution < 1.29 is 9.21 Å². The van der Waals surface area contributed by atoms with E-state index in [2.05, 4.69) is 19.6 Å². The third-order valence-electron chi connectivity index (χ3n) is 3.14. The van der Waals surface area contributed by atoms with E-state index >= 15 is 0 Å². The molecule has 0 fully saturated rings. The minimum atomic E-state index is 0.196. The van der Waals surface area contributed by atoms with Crippen LogP contribution in [0.25, 0.3) is 0 Å². The average Bonchev–Trinajstić information content (AvgIpc) is 2.58. The number of aryl methyl sites for hydroxylation is 1. The van der Waals surface area contributed by atoms with Crippen LogP contribution in [0.3, 0.4) is 0 Å². The number of Topliss-reactive ketones (excluding diaryl/α,β-unsaturated/α-hetero) is 1. The third-order valence-corrected chi connectivity index (χ3v) is 3.14. The van der Waals surface area contributed by atoms with Crippen LogP contribution in [0.1, 0.15) is 41.4 Å². The second kappa shape index (κ2) is 4.74. The molecule has 0 aliphatic heterocycles. The molecule has 1 heterocycles. The highest BCUT2D eigenvalue weighted by molar-refractivity contribution is 5.98. The second-order valence-electron chi connectivity index (χ2n) is 4.92. The molecule has 2 nitrogen and oxygen atoms in total. The lowest BCUT2D eigenvalue weighted by molar-refractivity contribution is 0.0962. The van der Waals surface area contributed by atoms with Crippen LogP contribution in [-0.4, -0.2) is 5.78 Å². The summed E-state index contributed by atoms with van der Waals surface area (Å²) in [5.74, 6) is 1.32. The van der Waals surface area contributed by atoms with Crippen molar-refractivity contribution in [1.29, 1.82) is 0 Å². The Bertz CT molecular complexity index is 477. The highest BCUT2D eigenvalue weighted by Gasteiger charge is 2.20. The van der Waals surface area contributed by atoms with Crippen LogP contribution in [0.5, 0.6) is 0 Å². The largest absolute Gasteiger partial charge is 0.468 e. The number of carbonyl (C=O) groups is 1. The summed E-state index contributed by atoms with van der Waals surface area (Å²) in [5, 5.41) is 0. The lowest BCUT2D eigenvalue weighted by Crippen LogP contribution is -2.09. The van der Waals surface area contributed by atoms with Crippen molar-refractivity contribution in [2.24, 2.45) is 5.92 Å². The molecule has 1 aromatic rings. The number of hydrogen-bond acceptors (Lipinski definition) is 2. The molecule has 0 saturated heterocycles. The third kappa shape index (κ3) is 2.57. The molecule has 0 aromatic carbocycles. The summed E-state index contributed by atoms with van der Waals surface area (Å²) in [7, 11) is 0. The van der Waals surface area contributed by atoms with Gasteiger partial charge in [0.1, 0.15) is 5.76 Å². The number of allylic oxidation sites excluding steroid dienone is 3. The number of hydrogen-bond donors (Lipinski definition) is 0. The fourth-order valence-corrected chi connectivity index (χ4v) is 2.24. The first-order valence-electron chi connectivity index (χ1n) is 6.02. The molecule has 0 N–H and O–H groups in total. The lowest BCUT2D eigenvalue weighted by atomic mass is 9.92. The topological polar surface area (TPSA) is 30.2 Å². The van der Waals surface area contributed by atoms with Gasteiger partial charge in [-0.3, -0.25) is 4.79 Å². The van der Waals surface area contributed by atoms with E-state index in [-0.39, 0.29) is 5.78 Å². The fraction of sp³-hybridized carbons (Fsp3) is 0.400. The highest BCUT2D eigenvalue weighted by atomic mass is 16.3. The van der Waals surface area contributed by atoms with E-state index in [4.69, 9.17) is 4.42 Å². The van der Waals surface area contributed by atoms with Crippen LogP contribution < -0.4 is 0 Å². The predicted molar refractivity (Wildman–Crippen MR) is 68.2 cm³/mol. The SMILES string of the molecule is C=C1/C=C/C[C@@H](C)CC(=O)c2c(C)coc2C1. The van der Waals surface area contributed by atoms with Gasteiger partial charge < -0.3 is 4.42 Å². The number of fused-ring (bicyclic) bond motifs is 1. The number of rotatable bonds is 0. The molecule has 1 aliphatic carbocycles. The van der Waals surface area contributed by atoms with Crippen LogP contribution in [0, 0.1) is 12.8 Å². The summed E-state index contributed by atoms with van der Waals surface area (Å²) in [4.78, 5) is 12.2. The minimum Gasteiger partial charge on any atom is -0.468 e. The molecule has 1 aliphatic rings. The second-order valence-corrected chi connectivity index (χ2v) is 4.92. The van der Waals surface area contributed by atoms with E-state index < -0.39 is 0 Å². The van der Waals surface area contributed by atoms with Gasteiger partial charge in [0.15, 0.2) is 5.78 Å². The Labute approximate surface area is 102 Å². The summed E-state index contributed by atoms with van der Waals surface area (Å²) >= 11 is 0. The molecule has 0 unspecified atom stereocenters. The van der Waals surface area contributed by atoms with E-state index in [9.17, 15) is 4.79 Å². The standard InChI is InChI=1S/C15H18O2/c1-10-5-4-6-11(2)8-14-15(13(16)7-10)12(3)9-17-14/h4,6,9-10H,2,5,7-8H2,1,3H3/b6-4+/t10-/m1/s1. The van der Waals surface area contributed by atoms with Crippen molar-refractivity contribution in [2.45, 2.75) is 33.1 Å². The van der Waals surface area contributed by atoms with E-state index in [0.29, 0.717) is 18.8 Å².